The van der Waals surface area contributed by atoms with Crippen molar-refractivity contribution in [1.82, 2.24) is 15.1 Å². The molecule has 0 saturated heterocycles. The molecule has 0 radical (unpaired) electrons. The molecule has 0 saturated carbocycles. The Kier molecular flexibility index (Phi) is 5.41. The minimum atomic E-state index is -4.39. The lowest BCUT2D eigenvalue weighted by molar-refractivity contribution is -0.137. The molecule has 0 fully saturated rings. The fraction of sp³-hybridized carbons (Fsp3) is 0.375. The normalized spacial score (nSPS) is 12.9. The number of hydrogen-bond donors (Lipinski definition) is 1. The van der Waals surface area contributed by atoms with Gasteiger partial charge in [0.2, 0.25) is 5.91 Å². The number of aromatic nitrogens is 2. The monoisotopic (exact) mass is 325 g/mol. The number of hydrogen-bond acceptors (Lipinski definition) is 2. The van der Waals surface area contributed by atoms with Gasteiger partial charge in [-0.25, -0.2) is 0 Å². The molecule has 124 valence electrons. The predicted molar refractivity (Wildman–Crippen MR) is 79.5 cm³/mol. The van der Waals surface area contributed by atoms with Crippen molar-refractivity contribution in [2.75, 3.05) is 0 Å². The maximum Gasteiger partial charge on any atom is 0.416 e. The quantitative estimate of drug-likeness (QED) is 0.883. The summed E-state index contributed by atoms with van der Waals surface area (Å²) in [7, 11) is 0. The number of benzene rings is 1. The van der Waals surface area contributed by atoms with Crippen LogP contribution in [0.25, 0.3) is 0 Å². The summed E-state index contributed by atoms with van der Waals surface area (Å²) in [6.45, 7) is 2.29. The molecule has 1 N–H and O–H groups in total. The Balaban J connectivity index is 1.86. The van der Waals surface area contributed by atoms with Gasteiger partial charge in [0.15, 0.2) is 0 Å². The number of halogens is 3. The van der Waals surface area contributed by atoms with E-state index in [-0.39, 0.29) is 5.91 Å². The topological polar surface area (TPSA) is 46.9 Å². The molecule has 0 spiro atoms. The van der Waals surface area contributed by atoms with Crippen LogP contribution < -0.4 is 5.32 Å². The third kappa shape index (κ3) is 5.12. The van der Waals surface area contributed by atoms with Gasteiger partial charge in [0.1, 0.15) is 0 Å². The van der Waals surface area contributed by atoms with E-state index in [2.05, 4.69) is 10.4 Å². The van der Waals surface area contributed by atoms with Gasteiger partial charge in [-0.3, -0.25) is 9.48 Å². The highest BCUT2D eigenvalue weighted by Gasteiger charge is 2.30. The second-order valence-corrected chi connectivity index (χ2v) is 5.29. The molecule has 1 unspecified atom stereocenters. The van der Waals surface area contributed by atoms with Gasteiger partial charge in [0, 0.05) is 25.4 Å². The van der Waals surface area contributed by atoms with E-state index in [0.717, 1.165) is 12.1 Å². The number of nitrogens with one attached hydrogen (secondary N) is 1. The Morgan fingerprint density at radius 1 is 1.35 bits per heavy atom. The van der Waals surface area contributed by atoms with Crippen LogP contribution >= 0.6 is 0 Å². The number of carbonyl (C=O) groups is 1. The van der Waals surface area contributed by atoms with Gasteiger partial charge in [0.25, 0.3) is 0 Å². The molecule has 2 aromatic rings. The van der Waals surface area contributed by atoms with E-state index in [1.165, 1.54) is 6.07 Å². The van der Waals surface area contributed by atoms with E-state index in [1.807, 2.05) is 6.20 Å². The number of alkyl halides is 3. The fourth-order valence-electron chi connectivity index (χ4n) is 2.22. The highest BCUT2D eigenvalue weighted by Crippen LogP contribution is 2.30. The smallest absolute Gasteiger partial charge is 0.350 e. The second kappa shape index (κ2) is 7.30. The molecule has 0 aliphatic carbocycles. The molecule has 0 bridgehead atoms. The highest BCUT2D eigenvalue weighted by molar-refractivity contribution is 5.76. The van der Waals surface area contributed by atoms with Crippen molar-refractivity contribution in [1.29, 1.82) is 0 Å². The number of rotatable bonds is 6. The average Bonchev–Trinajstić information content (AvgIpc) is 2.99. The van der Waals surface area contributed by atoms with Crippen LogP contribution in [-0.4, -0.2) is 15.7 Å². The summed E-state index contributed by atoms with van der Waals surface area (Å²) in [5, 5.41) is 6.75. The van der Waals surface area contributed by atoms with Gasteiger partial charge in [-0.2, -0.15) is 18.3 Å². The molecule has 0 aliphatic heterocycles. The van der Waals surface area contributed by atoms with Crippen LogP contribution in [0.15, 0.2) is 42.7 Å². The van der Waals surface area contributed by atoms with Crippen LogP contribution in [0.2, 0.25) is 0 Å². The number of aryl methyl sites for hydroxylation is 1. The number of carbonyl (C=O) groups excluding carboxylic acids is 1. The summed E-state index contributed by atoms with van der Waals surface area (Å²) in [5.41, 5.74) is -0.282. The van der Waals surface area contributed by atoms with Crippen molar-refractivity contribution in [3.05, 3.63) is 53.9 Å². The molecule has 7 heteroatoms. The van der Waals surface area contributed by atoms with E-state index < -0.39 is 17.8 Å². The van der Waals surface area contributed by atoms with Crippen LogP contribution in [0.3, 0.4) is 0 Å². The lowest BCUT2D eigenvalue weighted by atomic mass is 10.0. The van der Waals surface area contributed by atoms with Crippen LogP contribution in [0.5, 0.6) is 0 Å². The first kappa shape index (κ1) is 17.1. The van der Waals surface area contributed by atoms with E-state index in [9.17, 15) is 18.0 Å². The van der Waals surface area contributed by atoms with Gasteiger partial charge < -0.3 is 5.32 Å². The molecule has 2 rings (SSSR count). The Labute approximate surface area is 132 Å². The van der Waals surface area contributed by atoms with E-state index in [4.69, 9.17) is 0 Å². The largest absolute Gasteiger partial charge is 0.416 e. The Morgan fingerprint density at radius 3 is 2.78 bits per heavy atom. The average molecular weight is 325 g/mol. The second-order valence-electron chi connectivity index (χ2n) is 5.29. The molecule has 23 heavy (non-hydrogen) atoms. The molecule has 1 amide bonds. The number of nitrogens with zero attached hydrogens (tertiary/aromatic N) is 2. The standard InChI is InChI=1S/C16H18F3N3O/c1-12(13-5-2-6-14(11-13)16(17,18)19)21-15(23)7-3-9-22-10-4-8-20-22/h2,4-6,8,10-12H,3,7,9H2,1H3,(H,21,23). The van der Waals surface area contributed by atoms with Gasteiger partial charge in [-0.1, -0.05) is 12.1 Å². The van der Waals surface area contributed by atoms with E-state index in [1.54, 1.807) is 29.9 Å². The lowest BCUT2D eigenvalue weighted by Crippen LogP contribution is -2.26. The van der Waals surface area contributed by atoms with Gasteiger partial charge >= 0.3 is 6.18 Å². The molecule has 4 nitrogen and oxygen atoms in total. The highest BCUT2D eigenvalue weighted by atomic mass is 19.4. The van der Waals surface area contributed by atoms with Crippen molar-refractivity contribution in [2.45, 2.75) is 38.5 Å². The first-order valence-corrected chi connectivity index (χ1v) is 7.30. The maximum atomic E-state index is 12.7. The van der Waals surface area contributed by atoms with Crippen LogP contribution in [-0.2, 0) is 17.5 Å². The summed E-state index contributed by atoms with van der Waals surface area (Å²) in [4.78, 5) is 11.9. The third-order valence-electron chi connectivity index (χ3n) is 3.44. The summed E-state index contributed by atoms with van der Waals surface area (Å²) >= 11 is 0. The maximum absolute atomic E-state index is 12.7. The summed E-state index contributed by atoms with van der Waals surface area (Å²) in [5.74, 6) is -0.193. The molecular formula is C16H18F3N3O. The predicted octanol–water partition coefficient (Wildman–Crippen LogP) is 3.56. The molecule has 1 heterocycles. The molecule has 1 aromatic heterocycles. The lowest BCUT2D eigenvalue weighted by Gasteiger charge is -2.16. The van der Waals surface area contributed by atoms with Crippen molar-refractivity contribution in [3.8, 4) is 0 Å². The zero-order chi connectivity index (χ0) is 16.9. The summed E-state index contributed by atoms with van der Waals surface area (Å²) in [6.07, 6.45) is -0.00552. The molecule has 0 aliphatic rings. The fourth-order valence-corrected chi connectivity index (χ4v) is 2.22. The first-order valence-electron chi connectivity index (χ1n) is 7.30. The Morgan fingerprint density at radius 2 is 2.13 bits per heavy atom. The van der Waals surface area contributed by atoms with Gasteiger partial charge in [0.05, 0.1) is 11.6 Å². The Bertz CT molecular complexity index is 638. The van der Waals surface area contributed by atoms with Crippen molar-refractivity contribution in [3.63, 3.8) is 0 Å². The van der Waals surface area contributed by atoms with Crippen molar-refractivity contribution in [2.24, 2.45) is 0 Å². The van der Waals surface area contributed by atoms with E-state index >= 15 is 0 Å². The Hall–Kier alpha value is -2.31. The van der Waals surface area contributed by atoms with Gasteiger partial charge in [-0.05, 0) is 37.1 Å². The van der Waals surface area contributed by atoms with E-state index in [0.29, 0.717) is 24.9 Å². The zero-order valence-electron chi connectivity index (χ0n) is 12.7. The third-order valence-corrected chi connectivity index (χ3v) is 3.44. The zero-order valence-corrected chi connectivity index (χ0v) is 12.7. The molecule has 1 atom stereocenters. The summed E-state index contributed by atoms with van der Waals surface area (Å²) < 4.78 is 39.8. The van der Waals surface area contributed by atoms with Crippen LogP contribution in [0, 0.1) is 0 Å². The van der Waals surface area contributed by atoms with Crippen LogP contribution in [0.1, 0.15) is 36.9 Å². The summed E-state index contributed by atoms with van der Waals surface area (Å²) in [6, 6.07) is 6.32. The minimum Gasteiger partial charge on any atom is -0.350 e. The van der Waals surface area contributed by atoms with Crippen molar-refractivity contribution >= 4 is 5.91 Å². The SMILES string of the molecule is CC(NC(=O)CCCn1cccn1)c1cccc(C(F)(F)F)c1. The van der Waals surface area contributed by atoms with Gasteiger partial charge in [-0.15, -0.1) is 0 Å². The van der Waals surface area contributed by atoms with Crippen LogP contribution in [0.4, 0.5) is 13.2 Å². The molecular weight excluding hydrogens is 307 g/mol. The minimum absolute atomic E-state index is 0.193. The van der Waals surface area contributed by atoms with Crippen molar-refractivity contribution < 1.29 is 18.0 Å². The molecule has 1 aromatic carbocycles. The number of amides is 1. The first-order chi connectivity index (χ1) is 10.9.